The van der Waals surface area contributed by atoms with E-state index in [1.165, 1.54) is 9.08 Å². The molecule has 0 unspecified atom stereocenters. The molecular weight excluding hydrogens is 314 g/mol. The van der Waals surface area contributed by atoms with Gasteiger partial charge in [0.15, 0.2) is 5.65 Å². The van der Waals surface area contributed by atoms with Crippen LogP contribution in [-0.4, -0.2) is 19.2 Å². The lowest BCUT2D eigenvalue weighted by atomic mass is 10.2. The van der Waals surface area contributed by atoms with Gasteiger partial charge in [-0.15, -0.1) is 5.10 Å². The van der Waals surface area contributed by atoms with Gasteiger partial charge in [0.1, 0.15) is 0 Å². The Morgan fingerprint density at radius 3 is 2.61 bits per heavy atom. The van der Waals surface area contributed by atoms with Crippen molar-refractivity contribution in [2.45, 2.75) is 6.54 Å². The average Bonchev–Trinajstić information content (AvgIpc) is 2.87. The van der Waals surface area contributed by atoms with Crippen molar-refractivity contribution in [1.29, 1.82) is 0 Å². The van der Waals surface area contributed by atoms with Crippen LogP contribution in [0.25, 0.3) is 16.6 Å². The largest absolute Gasteiger partial charge is 0.369 e. The predicted molar refractivity (Wildman–Crippen MR) is 89.7 cm³/mol. The molecule has 0 amide bonds. The van der Waals surface area contributed by atoms with Crippen molar-refractivity contribution in [2.24, 2.45) is 0 Å². The second-order valence-electron chi connectivity index (χ2n) is 5.21. The molecule has 0 saturated carbocycles. The van der Waals surface area contributed by atoms with Crippen LogP contribution in [-0.2, 0) is 6.54 Å². The van der Waals surface area contributed by atoms with E-state index in [9.17, 15) is 4.79 Å². The smallest absolute Gasteiger partial charge is 0.353 e. The number of rotatable bonds is 2. The molecule has 0 aliphatic rings. The van der Waals surface area contributed by atoms with Crippen molar-refractivity contribution in [2.75, 3.05) is 5.73 Å². The van der Waals surface area contributed by atoms with Gasteiger partial charge in [0.2, 0.25) is 5.95 Å². The molecule has 0 fully saturated rings. The zero-order chi connectivity index (χ0) is 16.0. The Labute approximate surface area is 135 Å². The van der Waals surface area contributed by atoms with Crippen molar-refractivity contribution >= 4 is 34.1 Å². The maximum absolute atomic E-state index is 12.6. The first-order valence-electron chi connectivity index (χ1n) is 7.02. The zero-order valence-corrected chi connectivity index (χ0v) is 12.7. The van der Waals surface area contributed by atoms with Crippen molar-refractivity contribution < 1.29 is 0 Å². The molecule has 4 rings (SSSR count). The number of benzene rings is 2. The number of hydrogen-bond acceptors (Lipinski definition) is 4. The van der Waals surface area contributed by atoms with Gasteiger partial charge in [-0.1, -0.05) is 35.9 Å². The van der Waals surface area contributed by atoms with Crippen molar-refractivity contribution in [3.63, 3.8) is 0 Å². The van der Waals surface area contributed by atoms with Gasteiger partial charge in [-0.3, -0.25) is 0 Å². The van der Waals surface area contributed by atoms with E-state index in [-0.39, 0.29) is 11.6 Å². The fraction of sp³-hybridized carbons (Fsp3) is 0.0625. The van der Waals surface area contributed by atoms with E-state index in [0.29, 0.717) is 22.7 Å². The number of hydrogen-bond donors (Lipinski definition) is 1. The molecular formula is C16H12ClN5O. The van der Waals surface area contributed by atoms with E-state index in [2.05, 4.69) is 10.1 Å². The quantitative estimate of drug-likeness (QED) is 0.613. The van der Waals surface area contributed by atoms with Crippen molar-refractivity contribution in [3.05, 3.63) is 69.6 Å². The third kappa shape index (κ3) is 2.24. The first kappa shape index (κ1) is 13.8. The van der Waals surface area contributed by atoms with Gasteiger partial charge >= 0.3 is 5.69 Å². The van der Waals surface area contributed by atoms with Crippen LogP contribution >= 0.6 is 11.6 Å². The molecule has 0 spiro atoms. The van der Waals surface area contributed by atoms with E-state index in [0.717, 1.165) is 10.9 Å². The minimum absolute atomic E-state index is 0.131. The first-order chi connectivity index (χ1) is 11.1. The molecule has 2 aromatic heterocycles. The number of para-hydroxylation sites is 1. The van der Waals surface area contributed by atoms with Gasteiger partial charge < -0.3 is 5.73 Å². The Hall–Kier alpha value is -2.86. The summed E-state index contributed by atoms with van der Waals surface area (Å²) >= 11 is 5.88. The fourth-order valence-electron chi connectivity index (χ4n) is 2.59. The highest BCUT2D eigenvalue weighted by atomic mass is 35.5. The van der Waals surface area contributed by atoms with Crippen LogP contribution in [0.15, 0.2) is 53.3 Å². The molecule has 0 aliphatic carbocycles. The van der Waals surface area contributed by atoms with Crippen LogP contribution in [0.3, 0.4) is 0 Å². The molecule has 7 heteroatoms. The third-order valence-electron chi connectivity index (χ3n) is 3.69. The number of fused-ring (bicyclic) bond motifs is 3. The summed E-state index contributed by atoms with van der Waals surface area (Å²) in [6, 6.07) is 14.7. The van der Waals surface area contributed by atoms with Crippen molar-refractivity contribution in [3.8, 4) is 0 Å². The van der Waals surface area contributed by atoms with Crippen LogP contribution < -0.4 is 11.4 Å². The van der Waals surface area contributed by atoms with Crippen LogP contribution in [0.1, 0.15) is 5.56 Å². The topological polar surface area (TPSA) is 78.2 Å². The molecule has 2 heterocycles. The molecule has 0 aliphatic heterocycles. The van der Waals surface area contributed by atoms with Gasteiger partial charge in [0.25, 0.3) is 0 Å². The average molecular weight is 326 g/mol. The molecule has 4 aromatic rings. The number of aromatic nitrogens is 4. The summed E-state index contributed by atoms with van der Waals surface area (Å²) in [7, 11) is 0. The summed E-state index contributed by atoms with van der Waals surface area (Å²) in [5.74, 6) is 0.131. The molecule has 114 valence electrons. The Balaban J connectivity index is 1.93. The van der Waals surface area contributed by atoms with Crippen LogP contribution in [0.2, 0.25) is 5.02 Å². The lowest BCUT2D eigenvalue weighted by molar-refractivity contribution is 0.659. The third-order valence-corrected chi connectivity index (χ3v) is 3.95. The molecule has 2 aromatic carbocycles. The number of halogens is 1. The van der Waals surface area contributed by atoms with Crippen LogP contribution in [0, 0.1) is 0 Å². The standard InChI is InChI=1S/C16H12ClN5O/c17-11-7-5-10(6-8-11)9-21-16(23)22-14(20-21)12-3-1-2-4-13(12)19-15(22)18/h1-8H,9H2,(H2,18,19). The summed E-state index contributed by atoms with van der Waals surface area (Å²) < 4.78 is 2.71. The lowest BCUT2D eigenvalue weighted by Crippen LogP contribution is -2.23. The predicted octanol–water partition coefficient (Wildman–Crippen LogP) is 2.33. The Morgan fingerprint density at radius 1 is 1.09 bits per heavy atom. The van der Waals surface area contributed by atoms with Gasteiger partial charge in [-0.2, -0.15) is 0 Å². The van der Waals surface area contributed by atoms with E-state index < -0.39 is 0 Å². The van der Waals surface area contributed by atoms with Gasteiger partial charge in [0, 0.05) is 10.4 Å². The lowest BCUT2D eigenvalue weighted by Gasteiger charge is -2.00. The van der Waals surface area contributed by atoms with Gasteiger partial charge in [-0.05, 0) is 29.8 Å². The summed E-state index contributed by atoms with van der Waals surface area (Å²) in [6.07, 6.45) is 0. The minimum atomic E-state index is -0.314. The van der Waals surface area contributed by atoms with Crippen LogP contribution in [0.5, 0.6) is 0 Å². The summed E-state index contributed by atoms with van der Waals surface area (Å²) in [5, 5.41) is 5.87. The molecule has 23 heavy (non-hydrogen) atoms. The molecule has 6 nitrogen and oxygen atoms in total. The van der Waals surface area contributed by atoms with E-state index in [4.69, 9.17) is 17.3 Å². The maximum atomic E-state index is 12.6. The number of nitrogen functional groups attached to an aromatic ring is 1. The van der Waals surface area contributed by atoms with E-state index in [1.807, 2.05) is 36.4 Å². The summed E-state index contributed by atoms with van der Waals surface area (Å²) in [6.45, 7) is 0.339. The molecule has 0 radical (unpaired) electrons. The van der Waals surface area contributed by atoms with Gasteiger partial charge in [-0.25, -0.2) is 18.9 Å². The highest BCUT2D eigenvalue weighted by molar-refractivity contribution is 6.30. The summed E-state index contributed by atoms with van der Waals surface area (Å²) in [4.78, 5) is 16.8. The Kier molecular flexibility index (Phi) is 3.06. The number of anilines is 1. The Morgan fingerprint density at radius 2 is 1.83 bits per heavy atom. The Bertz CT molecular complexity index is 1080. The highest BCUT2D eigenvalue weighted by Crippen LogP contribution is 2.18. The zero-order valence-electron chi connectivity index (χ0n) is 12.0. The summed E-state index contributed by atoms with van der Waals surface area (Å²) in [5.41, 5.74) is 7.76. The normalized spacial score (nSPS) is 11.3. The van der Waals surface area contributed by atoms with Gasteiger partial charge in [0.05, 0.1) is 12.1 Å². The monoisotopic (exact) mass is 325 g/mol. The van der Waals surface area contributed by atoms with E-state index in [1.54, 1.807) is 12.1 Å². The number of nitrogens with two attached hydrogens (primary N) is 1. The SMILES string of the molecule is Nc1nc2ccccc2c2nn(Cc3ccc(Cl)cc3)c(=O)n12. The fourth-order valence-corrected chi connectivity index (χ4v) is 2.71. The highest BCUT2D eigenvalue weighted by Gasteiger charge is 2.14. The molecule has 2 N–H and O–H groups in total. The van der Waals surface area contributed by atoms with Crippen molar-refractivity contribution in [1.82, 2.24) is 19.2 Å². The minimum Gasteiger partial charge on any atom is -0.369 e. The van der Waals surface area contributed by atoms with Crippen LogP contribution in [0.4, 0.5) is 5.95 Å². The molecule has 0 atom stereocenters. The van der Waals surface area contributed by atoms with E-state index >= 15 is 0 Å². The molecule has 0 bridgehead atoms. The number of nitrogens with zero attached hydrogens (tertiary/aromatic N) is 4. The first-order valence-corrected chi connectivity index (χ1v) is 7.39. The second kappa shape index (κ2) is 5.10. The second-order valence-corrected chi connectivity index (χ2v) is 5.65. The maximum Gasteiger partial charge on any atom is 0.353 e. The molecule has 0 saturated heterocycles.